The molecule has 14 nitrogen and oxygen atoms in total. The lowest BCUT2D eigenvalue weighted by atomic mass is 10.1. The summed E-state index contributed by atoms with van der Waals surface area (Å²) in [6, 6.07) is 57.6. The molecule has 16 heteroatoms. The summed E-state index contributed by atoms with van der Waals surface area (Å²) in [6.45, 7) is 0. The van der Waals surface area contributed by atoms with Crippen molar-refractivity contribution in [1.82, 2.24) is 29.9 Å². The third kappa shape index (κ3) is 11.8. The summed E-state index contributed by atoms with van der Waals surface area (Å²) >= 11 is 0. The molecule has 0 saturated carbocycles. The first kappa shape index (κ1) is 51.0. The fourth-order valence-corrected chi connectivity index (χ4v) is 10.3. The van der Waals surface area contributed by atoms with Crippen LogP contribution in [0.25, 0.3) is 65.4 Å². The van der Waals surface area contributed by atoms with E-state index in [1.165, 1.54) is 97.1 Å². The van der Waals surface area contributed by atoms with Crippen LogP contribution >= 0.6 is 0 Å². The standard InChI is InChI=1S/3C12H8N2.2C12H10O4S/c3*1-3-9-5-6-10-4-2-8-14-12(10)11(9)13-7-1;2*13-9-1-5-11(6-2-9)17(15,16)12-7-3-10(14)4-8-12/h3*1-8H;2*1-8,13-14H. The Hall–Kier alpha value is -9.90. The zero-order valence-corrected chi connectivity index (χ0v) is 41.6. The van der Waals surface area contributed by atoms with E-state index in [-0.39, 0.29) is 42.6 Å². The minimum Gasteiger partial charge on any atom is -0.508 e. The Balaban J connectivity index is 0.000000116. The van der Waals surface area contributed by atoms with E-state index < -0.39 is 19.7 Å². The SMILES string of the molecule is O=S(=O)(c1ccc(O)cc1)c1ccc(O)cc1.O=S(=O)(c1ccc(O)cc1)c1ccc(O)cc1.c1cnc2c(c1)ccc1cccnc12.c1cnc2c(c1)ccc1cccnc12.c1cnc2c(c1)ccc1cccnc12. The maximum absolute atomic E-state index is 12.1. The second-order valence-corrected chi connectivity index (χ2v) is 20.5. The van der Waals surface area contributed by atoms with Crippen LogP contribution in [0.2, 0.25) is 0 Å². The number of hydrogen-bond donors (Lipinski definition) is 4. The van der Waals surface area contributed by atoms with Gasteiger partial charge in [-0.3, -0.25) is 29.9 Å². The van der Waals surface area contributed by atoms with Gasteiger partial charge in [-0.1, -0.05) is 72.8 Å². The predicted octanol–water partition coefficient (Wildman–Crippen LogP) is 12.2. The molecule has 0 spiro atoms. The zero-order valence-electron chi connectivity index (χ0n) is 40.0. The Morgan fingerprint density at radius 2 is 0.382 bits per heavy atom. The van der Waals surface area contributed by atoms with E-state index in [9.17, 15) is 16.8 Å². The molecule has 6 heterocycles. The van der Waals surface area contributed by atoms with Crippen LogP contribution in [0.3, 0.4) is 0 Å². The van der Waals surface area contributed by atoms with Gasteiger partial charge in [0.2, 0.25) is 19.7 Å². The van der Waals surface area contributed by atoms with Gasteiger partial charge in [0, 0.05) is 69.5 Å². The van der Waals surface area contributed by atoms with Crippen LogP contribution in [0.4, 0.5) is 0 Å². The van der Waals surface area contributed by atoms with Crippen molar-refractivity contribution in [1.29, 1.82) is 0 Å². The van der Waals surface area contributed by atoms with Gasteiger partial charge < -0.3 is 20.4 Å². The number of rotatable bonds is 4. The molecule has 0 aliphatic rings. The van der Waals surface area contributed by atoms with Gasteiger partial charge in [0.25, 0.3) is 0 Å². The summed E-state index contributed by atoms with van der Waals surface area (Å²) in [4.78, 5) is 26.5. The number of phenolic OH excluding ortho intramolecular Hbond substituents is 4. The average Bonchev–Trinajstić information content (AvgIpc) is 3.46. The summed E-state index contributed by atoms with van der Waals surface area (Å²) in [7, 11) is -7.19. The van der Waals surface area contributed by atoms with E-state index in [4.69, 9.17) is 20.4 Å². The first-order valence-electron chi connectivity index (χ1n) is 23.3. The minimum atomic E-state index is -3.59. The molecule has 0 fully saturated rings. The Morgan fingerprint density at radius 1 is 0.224 bits per heavy atom. The molecule has 0 aliphatic carbocycles. The Bertz CT molecular complexity index is 3720. The van der Waals surface area contributed by atoms with Crippen molar-refractivity contribution < 1.29 is 37.3 Å². The molecule has 0 unspecified atom stereocenters. The number of aromatic hydroxyl groups is 4. The third-order valence-electron chi connectivity index (χ3n) is 11.6. The van der Waals surface area contributed by atoms with Crippen LogP contribution < -0.4 is 0 Å². The molecule has 0 aliphatic heterocycles. The number of phenols is 4. The summed E-state index contributed by atoms with van der Waals surface area (Å²) < 4.78 is 48.4. The topological polar surface area (TPSA) is 227 Å². The quantitative estimate of drug-likeness (QED) is 0.120. The van der Waals surface area contributed by atoms with Gasteiger partial charge in [0.05, 0.1) is 52.7 Å². The molecule has 13 aromatic rings. The molecule has 374 valence electrons. The lowest BCUT2D eigenvalue weighted by Crippen LogP contribution is -2.01. The van der Waals surface area contributed by atoms with Gasteiger partial charge in [-0.05, 0) is 133 Å². The highest BCUT2D eigenvalue weighted by molar-refractivity contribution is 7.91. The van der Waals surface area contributed by atoms with Gasteiger partial charge in [0.15, 0.2) is 0 Å². The monoisotopic (exact) mass is 1040 g/mol. The fourth-order valence-electron chi connectivity index (χ4n) is 7.81. The first-order chi connectivity index (χ1) is 36.8. The van der Waals surface area contributed by atoms with E-state index in [1.807, 2.05) is 36.4 Å². The van der Waals surface area contributed by atoms with Gasteiger partial charge in [-0.15, -0.1) is 0 Å². The van der Waals surface area contributed by atoms with E-state index in [1.54, 1.807) is 37.2 Å². The van der Waals surface area contributed by atoms with E-state index in [0.717, 1.165) is 65.4 Å². The lowest BCUT2D eigenvalue weighted by molar-refractivity contribution is 0.474. The maximum atomic E-state index is 12.1. The van der Waals surface area contributed by atoms with Crippen molar-refractivity contribution in [2.75, 3.05) is 0 Å². The fraction of sp³-hybridized carbons (Fsp3) is 0. The van der Waals surface area contributed by atoms with Crippen molar-refractivity contribution in [3.63, 3.8) is 0 Å². The van der Waals surface area contributed by atoms with Gasteiger partial charge in [0.1, 0.15) is 23.0 Å². The lowest BCUT2D eigenvalue weighted by Gasteiger charge is -2.04. The Morgan fingerprint density at radius 3 is 0.539 bits per heavy atom. The van der Waals surface area contributed by atoms with Crippen LogP contribution in [-0.2, 0) is 19.7 Å². The highest BCUT2D eigenvalue weighted by atomic mass is 32.2. The highest BCUT2D eigenvalue weighted by Gasteiger charge is 2.18. The number of nitrogens with zero attached hydrogens (tertiary/aromatic N) is 6. The molecule has 13 rings (SSSR count). The molecule has 0 radical (unpaired) electrons. The van der Waals surface area contributed by atoms with Crippen molar-refractivity contribution in [2.45, 2.75) is 19.6 Å². The van der Waals surface area contributed by atoms with Gasteiger partial charge in [-0.25, -0.2) is 16.8 Å². The number of aromatic nitrogens is 6. The van der Waals surface area contributed by atoms with Gasteiger partial charge >= 0.3 is 0 Å². The van der Waals surface area contributed by atoms with E-state index in [2.05, 4.69) is 103 Å². The number of pyridine rings is 6. The third-order valence-corrected chi connectivity index (χ3v) is 15.2. The largest absolute Gasteiger partial charge is 0.508 e. The number of hydrogen-bond acceptors (Lipinski definition) is 14. The number of benzene rings is 7. The van der Waals surface area contributed by atoms with Crippen molar-refractivity contribution in [3.8, 4) is 23.0 Å². The summed E-state index contributed by atoms with van der Waals surface area (Å²) in [6.07, 6.45) is 10.8. The summed E-state index contributed by atoms with van der Waals surface area (Å²) in [5, 5.41) is 43.2. The van der Waals surface area contributed by atoms with Crippen LogP contribution in [-0.4, -0.2) is 67.2 Å². The van der Waals surface area contributed by atoms with Gasteiger partial charge in [-0.2, -0.15) is 0 Å². The van der Waals surface area contributed by atoms with Crippen LogP contribution in [0, 0.1) is 0 Å². The van der Waals surface area contributed by atoms with E-state index >= 15 is 0 Å². The summed E-state index contributed by atoms with van der Waals surface area (Å²) in [5.41, 5.74) is 5.86. The molecule has 7 aromatic carbocycles. The first-order valence-corrected chi connectivity index (χ1v) is 26.2. The Labute approximate surface area is 436 Å². The molecule has 0 saturated heterocycles. The zero-order chi connectivity index (χ0) is 53.1. The molecule has 0 bridgehead atoms. The van der Waals surface area contributed by atoms with E-state index in [0.29, 0.717) is 0 Å². The molecule has 0 amide bonds. The second kappa shape index (κ2) is 22.9. The Kier molecular flexibility index (Phi) is 15.4. The van der Waals surface area contributed by atoms with Crippen molar-refractivity contribution in [3.05, 3.63) is 243 Å². The highest BCUT2D eigenvalue weighted by Crippen LogP contribution is 2.27. The molecular weight excluding hydrogens is 997 g/mol. The second-order valence-electron chi connectivity index (χ2n) is 16.6. The molecule has 4 N–H and O–H groups in total. The van der Waals surface area contributed by atoms with Crippen LogP contribution in [0.5, 0.6) is 23.0 Å². The molecular formula is C60H44N6O8S2. The maximum Gasteiger partial charge on any atom is 0.206 e. The van der Waals surface area contributed by atoms with Crippen LogP contribution in [0.1, 0.15) is 0 Å². The predicted molar refractivity (Wildman–Crippen MR) is 294 cm³/mol. The molecule has 6 aromatic heterocycles. The normalized spacial score (nSPS) is 11.1. The number of sulfone groups is 2. The molecule has 76 heavy (non-hydrogen) atoms. The smallest absolute Gasteiger partial charge is 0.206 e. The van der Waals surface area contributed by atoms with Crippen LogP contribution in [0.15, 0.2) is 263 Å². The summed E-state index contributed by atoms with van der Waals surface area (Å²) in [5.74, 6) is 0.0358. The molecule has 0 atom stereocenters. The van der Waals surface area contributed by atoms with Crippen molar-refractivity contribution >= 4 is 85.1 Å². The van der Waals surface area contributed by atoms with Crippen molar-refractivity contribution in [2.24, 2.45) is 0 Å². The minimum absolute atomic E-state index is 0.00894. The average molecular weight is 1040 g/mol. The number of fused-ring (bicyclic) bond motifs is 9.